The zero-order valence-corrected chi connectivity index (χ0v) is 15.9. The third kappa shape index (κ3) is 3.98. The van der Waals surface area contributed by atoms with Crippen molar-refractivity contribution in [3.05, 3.63) is 84.1 Å². The van der Waals surface area contributed by atoms with Crippen molar-refractivity contribution in [3.8, 4) is 11.1 Å². The fourth-order valence-corrected chi connectivity index (χ4v) is 4.01. The number of pyridine rings is 1. The lowest BCUT2D eigenvalue weighted by Crippen LogP contribution is -2.52. The lowest BCUT2D eigenvalue weighted by atomic mass is 9.81. The fraction of sp³-hybridized carbons (Fsp3) is 0.261. The Balaban J connectivity index is 1.73. The number of alkyl halides is 3. The van der Waals surface area contributed by atoms with Crippen LogP contribution in [0.1, 0.15) is 24.0 Å². The number of nitrogens with two attached hydrogens (primary N) is 1. The van der Waals surface area contributed by atoms with Crippen molar-refractivity contribution >= 4 is 5.82 Å². The number of aromatic nitrogens is 1. The first-order chi connectivity index (χ1) is 13.9. The number of rotatable bonds is 3. The van der Waals surface area contributed by atoms with Crippen LogP contribution in [-0.2, 0) is 11.7 Å². The fourth-order valence-electron chi connectivity index (χ4n) is 4.01. The smallest absolute Gasteiger partial charge is 0.354 e. The molecule has 1 saturated heterocycles. The molecule has 0 spiro atoms. The zero-order chi connectivity index (χ0) is 20.5. The molecule has 0 amide bonds. The van der Waals surface area contributed by atoms with Gasteiger partial charge in [0.15, 0.2) is 0 Å². The Morgan fingerprint density at radius 2 is 1.72 bits per heavy atom. The Kier molecular flexibility index (Phi) is 5.04. The molecule has 1 fully saturated rings. The summed E-state index contributed by atoms with van der Waals surface area (Å²) < 4.78 is 41.7. The largest absolute Gasteiger partial charge is 0.417 e. The molecular weight excluding hydrogens is 375 g/mol. The van der Waals surface area contributed by atoms with Crippen LogP contribution >= 0.6 is 0 Å². The van der Waals surface area contributed by atoms with Gasteiger partial charge in [-0.1, -0.05) is 48.5 Å². The van der Waals surface area contributed by atoms with Crippen molar-refractivity contribution in [2.75, 3.05) is 18.0 Å². The first-order valence-corrected chi connectivity index (χ1v) is 9.59. The van der Waals surface area contributed by atoms with Gasteiger partial charge in [-0.05, 0) is 47.7 Å². The second kappa shape index (κ2) is 7.52. The van der Waals surface area contributed by atoms with Crippen molar-refractivity contribution in [2.24, 2.45) is 5.73 Å². The van der Waals surface area contributed by atoms with Crippen LogP contribution in [0.25, 0.3) is 11.1 Å². The van der Waals surface area contributed by atoms with Crippen molar-refractivity contribution in [2.45, 2.75) is 24.6 Å². The van der Waals surface area contributed by atoms with E-state index in [1.54, 1.807) is 48.7 Å². The number of halogens is 3. The standard InChI is InChI=1S/C23H22F3N3/c24-23(25,26)20-15-18(10-11-19(20)17-7-2-1-3-8-17)22(27)12-6-14-29(16-22)21-9-4-5-13-28-21/h1-5,7-11,13,15H,6,12,14,16,27H2. The van der Waals surface area contributed by atoms with Crippen LogP contribution in [0.2, 0.25) is 0 Å². The van der Waals surface area contributed by atoms with E-state index >= 15 is 0 Å². The van der Waals surface area contributed by atoms with Crippen LogP contribution in [0, 0.1) is 0 Å². The molecule has 3 nitrogen and oxygen atoms in total. The highest BCUT2D eigenvalue weighted by Gasteiger charge is 2.38. The van der Waals surface area contributed by atoms with Gasteiger partial charge in [-0.25, -0.2) is 4.98 Å². The van der Waals surface area contributed by atoms with Crippen LogP contribution in [0.4, 0.5) is 19.0 Å². The summed E-state index contributed by atoms with van der Waals surface area (Å²) in [6.07, 6.45) is -1.35. The molecule has 3 aromatic rings. The summed E-state index contributed by atoms with van der Waals surface area (Å²) in [4.78, 5) is 6.41. The van der Waals surface area contributed by atoms with Gasteiger partial charge in [0, 0.05) is 19.3 Å². The molecule has 2 aromatic carbocycles. The number of piperidine rings is 1. The number of anilines is 1. The molecule has 1 unspecified atom stereocenters. The van der Waals surface area contributed by atoms with E-state index in [1.165, 1.54) is 6.07 Å². The Morgan fingerprint density at radius 3 is 2.41 bits per heavy atom. The lowest BCUT2D eigenvalue weighted by molar-refractivity contribution is -0.137. The summed E-state index contributed by atoms with van der Waals surface area (Å²) in [6.45, 7) is 1.20. The molecule has 0 saturated carbocycles. The minimum Gasteiger partial charge on any atom is -0.354 e. The Bertz CT molecular complexity index is 974. The topological polar surface area (TPSA) is 42.1 Å². The van der Waals surface area contributed by atoms with Gasteiger partial charge < -0.3 is 10.6 Å². The highest BCUT2D eigenvalue weighted by atomic mass is 19.4. The highest BCUT2D eigenvalue weighted by molar-refractivity contribution is 5.69. The predicted molar refractivity (Wildman–Crippen MR) is 108 cm³/mol. The van der Waals surface area contributed by atoms with Gasteiger partial charge in [-0.2, -0.15) is 13.2 Å². The second-order valence-electron chi connectivity index (χ2n) is 7.49. The summed E-state index contributed by atoms with van der Waals surface area (Å²) in [5.74, 6) is 0.791. The Morgan fingerprint density at radius 1 is 0.966 bits per heavy atom. The molecule has 2 N–H and O–H groups in total. The van der Waals surface area contributed by atoms with Gasteiger partial charge in [-0.3, -0.25) is 0 Å². The van der Waals surface area contributed by atoms with Crippen LogP contribution in [0.3, 0.4) is 0 Å². The molecule has 150 valence electrons. The van der Waals surface area contributed by atoms with E-state index < -0.39 is 17.3 Å². The van der Waals surface area contributed by atoms with E-state index in [1.807, 2.05) is 23.1 Å². The minimum atomic E-state index is -4.47. The first kappa shape index (κ1) is 19.5. The third-order valence-electron chi connectivity index (χ3n) is 5.48. The summed E-state index contributed by atoms with van der Waals surface area (Å²) in [5, 5.41) is 0. The molecule has 1 aromatic heterocycles. The highest BCUT2D eigenvalue weighted by Crippen LogP contribution is 2.40. The molecule has 6 heteroatoms. The van der Waals surface area contributed by atoms with Crippen molar-refractivity contribution in [3.63, 3.8) is 0 Å². The van der Waals surface area contributed by atoms with Crippen LogP contribution in [0.5, 0.6) is 0 Å². The monoisotopic (exact) mass is 397 g/mol. The van der Waals surface area contributed by atoms with E-state index in [0.717, 1.165) is 18.8 Å². The summed E-state index contributed by atoms with van der Waals surface area (Å²) in [6, 6.07) is 18.8. The Labute approximate surface area is 168 Å². The van der Waals surface area contributed by atoms with E-state index in [4.69, 9.17) is 5.73 Å². The van der Waals surface area contributed by atoms with Crippen molar-refractivity contribution < 1.29 is 13.2 Å². The number of benzene rings is 2. The minimum absolute atomic E-state index is 0.169. The maximum absolute atomic E-state index is 13.9. The quantitative estimate of drug-likeness (QED) is 0.659. The van der Waals surface area contributed by atoms with E-state index in [-0.39, 0.29) is 5.56 Å². The predicted octanol–water partition coefficient (Wildman–Crippen LogP) is 5.22. The maximum atomic E-state index is 13.9. The second-order valence-corrected chi connectivity index (χ2v) is 7.49. The molecule has 1 aliphatic rings. The SMILES string of the molecule is NC1(c2ccc(-c3ccccc3)c(C(F)(F)F)c2)CCCN(c2ccccn2)C1. The van der Waals surface area contributed by atoms with Crippen LogP contribution in [0.15, 0.2) is 72.9 Å². The molecule has 0 radical (unpaired) electrons. The number of hydrogen-bond acceptors (Lipinski definition) is 3. The summed E-state index contributed by atoms with van der Waals surface area (Å²) in [7, 11) is 0. The average molecular weight is 397 g/mol. The lowest BCUT2D eigenvalue weighted by Gasteiger charge is -2.41. The van der Waals surface area contributed by atoms with Crippen molar-refractivity contribution in [1.82, 2.24) is 4.98 Å². The summed E-state index contributed by atoms with van der Waals surface area (Å²) in [5.41, 5.74) is 6.36. The molecule has 0 aliphatic carbocycles. The number of hydrogen-bond donors (Lipinski definition) is 1. The molecular formula is C23H22F3N3. The Hall–Kier alpha value is -2.86. The van der Waals surface area contributed by atoms with Gasteiger partial charge in [0.25, 0.3) is 0 Å². The van der Waals surface area contributed by atoms with E-state index in [2.05, 4.69) is 4.98 Å². The van der Waals surface area contributed by atoms with Gasteiger partial charge in [0.05, 0.1) is 11.1 Å². The molecule has 1 atom stereocenters. The number of nitrogens with zero attached hydrogens (tertiary/aromatic N) is 2. The van der Waals surface area contributed by atoms with Gasteiger partial charge >= 0.3 is 6.18 Å². The van der Waals surface area contributed by atoms with Gasteiger partial charge in [-0.15, -0.1) is 0 Å². The molecule has 2 heterocycles. The third-order valence-corrected chi connectivity index (χ3v) is 5.48. The normalized spacial score (nSPS) is 19.9. The van der Waals surface area contributed by atoms with Crippen molar-refractivity contribution in [1.29, 1.82) is 0 Å². The van der Waals surface area contributed by atoms with Gasteiger partial charge in [0.2, 0.25) is 0 Å². The molecule has 29 heavy (non-hydrogen) atoms. The molecule has 4 rings (SSSR count). The first-order valence-electron chi connectivity index (χ1n) is 9.59. The van der Waals surface area contributed by atoms with Crippen LogP contribution in [-0.4, -0.2) is 18.1 Å². The zero-order valence-electron chi connectivity index (χ0n) is 15.9. The molecule has 0 bridgehead atoms. The average Bonchev–Trinajstić information content (AvgIpc) is 2.74. The maximum Gasteiger partial charge on any atom is 0.417 e. The molecule has 1 aliphatic heterocycles. The van der Waals surface area contributed by atoms with E-state index in [0.29, 0.717) is 24.1 Å². The van der Waals surface area contributed by atoms with Crippen LogP contribution < -0.4 is 10.6 Å². The summed E-state index contributed by atoms with van der Waals surface area (Å²) >= 11 is 0. The van der Waals surface area contributed by atoms with Gasteiger partial charge in [0.1, 0.15) is 5.82 Å². The van der Waals surface area contributed by atoms with E-state index in [9.17, 15) is 13.2 Å².